The molecule has 0 fully saturated rings. The van der Waals surface area contributed by atoms with Gasteiger partial charge >= 0.3 is 0 Å². The zero-order valence-electron chi connectivity index (χ0n) is 12.1. The quantitative estimate of drug-likeness (QED) is 0.339. The molecule has 0 amide bonds. The van der Waals surface area contributed by atoms with Crippen LogP contribution in [0.2, 0.25) is 0 Å². The lowest BCUT2D eigenvalue weighted by Crippen LogP contribution is -2.23. The van der Waals surface area contributed by atoms with E-state index in [2.05, 4.69) is 21.9 Å². The number of rotatable bonds is 3. The van der Waals surface area contributed by atoms with Gasteiger partial charge in [-0.3, -0.25) is 0 Å². The number of hydrogen-bond donors (Lipinski definition) is 0. The topological polar surface area (TPSA) is 58.0 Å². The van der Waals surface area contributed by atoms with Crippen LogP contribution in [0.4, 0.5) is 5.69 Å². The average molecular weight is 257 g/mol. The van der Waals surface area contributed by atoms with Gasteiger partial charge in [-0.1, -0.05) is 41.2 Å². The maximum absolute atomic E-state index is 8.62. The van der Waals surface area contributed by atoms with Gasteiger partial charge in [-0.2, -0.15) is 0 Å². The molecule has 0 aromatic heterocycles. The molecule has 0 heterocycles. The number of benzene rings is 1. The Kier molecular flexibility index (Phi) is 4.61. The summed E-state index contributed by atoms with van der Waals surface area (Å²) in [6.07, 6.45) is 0. The first-order valence-electron chi connectivity index (χ1n) is 6.06. The lowest BCUT2D eigenvalue weighted by atomic mass is 9.91. The summed E-state index contributed by atoms with van der Waals surface area (Å²) in [7, 11) is 1.60. The third-order valence-electron chi connectivity index (χ3n) is 2.65. The second-order valence-corrected chi connectivity index (χ2v) is 5.44. The lowest BCUT2D eigenvalue weighted by molar-refractivity contribution is 0.0553. The molecule has 1 aromatic rings. The van der Waals surface area contributed by atoms with Crippen LogP contribution in [0.1, 0.15) is 33.3 Å². The normalized spacial score (nSPS) is 13.7. The summed E-state index contributed by atoms with van der Waals surface area (Å²) in [5.41, 5.74) is 9.02. The summed E-state index contributed by atoms with van der Waals surface area (Å²) in [5.74, 6) is 6.32. The SMILES string of the molecule is COC(C)(C#CC(C)(C)C)c1ccccc1N=[N+]=[N-]. The van der Waals surface area contributed by atoms with Crippen molar-refractivity contribution in [1.29, 1.82) is 0 Å². The molecule has 1 aromatic carbocycles. The minimum Gasteiger partial charge on any atom is -0.362 e. The molecule has 0 aliphatic rings. The van der Waals surface area contributed by atoms with Gasteiger partial charge in [0.15, 0.2) is 5.60 Å². The van der Waals surface area contributed by atoms with Gasteiger partial charge in [0.2, 0.25) is 0 Å². The maximum atomic E-state index is 8.62. The largest absolute Gasteiger partial charge is 0.362 e. The van der Waals surface area contributed by atoms with Crippen molar-refractivity contribution in [2.24, 2.45) is 10.5 Å². The van der Waals surface area contributed by atoms with Crippen molar-refractivity contribution >= 4 is 5.69 Å². The molecule has 1 unspecified atom stereocenters. The summed E-state index contributed by atoms with van der Waals surface area (Å²) in [5, 5.41) is 3.70. The second-order valence-electron chi connectivity index (χ2n) is 5.44. The van der Waals surface area contributed by atoms with Crippen LogP contribution in [0, 0.1) is 17.3 Å². The highest BCUT2D eigenvalue weighted by atomic mass is 16.5. The minimum absolute atomic E-state index is 0.118. The molecule has 1 rings (SSSR count). The van der Waals surface area contributed by atoms with Crippen LogP contribution in [0.15, 0.2) is 29.4 Å². The minimum atomic E-state index is -0.794. The van der Waals surface area contributed by atoms with E-state index in [1.54, 1.807) is 13.2 Å². The average Bonchev–Trinajstić information content (AvgIpc) is 2.36. The molecule has 0 aliphatic heterocycles. The predicted octanol–water partition coefficient (Wildman–Crippen LogP) is 4.54. The van der Waals surface area contributed by atoms with Crippen molar-refractivity contribution in [3.8, 4) is 11.8 Å². The third kappa shape index (κ3) is 4.03. The van der Waals surface area contributed by atoms with Crippen LogP contribution in [0.5, 0.6) is 0 Å². The van der Waals surface area contributed by atoms with E-state index in [0.717, 1.165) is 5.56 Å². The molecular formula is C15H19N3O. The van der Waals surface area contributed by atoms with Crippen molar-refractivity contribution in [1.82, 2.24) is 0 Å². The molecule has 4 nitrogen and oxygen atoms in total. The van der Waals surface area contributed by atoms with Crippen LogP contribution in [-0.4, -0.2) is 7.11 Å². The van der Waals surface area contributed by atoms with Crippen molar-refractivity contribution < 1.29 is 4.74 Å². The van der Waals surface area contributed by atoms with Gasteiger partial charge < -0.3 is 4.74 Å². The molecule has 19 heavy (non-hydrogen) atoms. The van der Waals surface area contributed by atoms with Crippen molar-refractivity contribution in [3.05, 3.63) is 40.3 Å². The lowest BCUT2D eigenvalue weighted by Gasteiger charge is -2.25. The summed E-state index contributed by atoms with van der Waals surface area (Å²) in [4.78, 5) is 2.84. The predicted molar refractivity (Wildman–Crippen MR) is 76.8 cm³/mol. The van der Waals surface area contributed by atoms with E-state index in [1.807, 2.05) is 45.9 Å². The number of nitrogens with zero attached hydrogens (tertiary/aromatic N) is 3. The smallest absolute Gasteiger partial charge is 0.151 e. The van der Waals surface area contributed by atoms with Gasteiger partial charge in [0.1, 0.15) is 0 Å². The van der Waals surface area contributed by atoms with Gasteiger partial charge in [-0.15, -0.1) is 0 Å². The van der Waals surface area contributed by atoms with E-state index in [1.165, 1.54) is 0 Å². The van der Waals surface area contributed by atoms with E-state index < -0.39 is 5.60 Å². The molecule has 0 spiro atoms. The Morgan fingerprint density at radius 3 is 2.32 bits per heavy atom. The first-order chi connectivity index (χ1) is 8.82. The number of azide groups is 1. The number of hydrogen-bond acceptors (Lipinski definition) is 2. The molecule has 0 bridgehead atoms. The molecule has 0 saturated carbocycles. The van der Waals surface area contributed by atoms with Crippen LogP contribution in [0.25, 0.3) is 10.4 Å². The highest BCUT2D eigenvalue weighted by Crippen LogP contribution is 2.32. The molecule has 0 saturated heterocycles. The summed E-state index contributed by atoms with van der Waals surface area (Å²) in [6, 6.07) is 7.32. The first kappa shape index (κ1) is 15.1. The standard InChI is InChI=1S/C15H19N3O/c1-14(2,3)10-11-15(4,19-5)12-8-6-7-9-13(12)17-18-16/h6-9H,1-5H3. The number of ether oxygens (including phenoxy) is 1. The van der Waals surface area contributed by atoms with Gasteiger partial charge in [-0.05, 0) is 33.2 Å². The zero-order valence-corrected chi connectivity index (χ0v) is 12.1. The number of methoxy groups -OCH3 is 1. The second kappa shape index (κ2) is 5.79. The Balaban J connectivity index is 3.36. The monoisotopic (exact) mass is 257 g/mol. The third-order valence-corrected chi connectivity index (χ3v) is 2.65. The Morgan fingerprint density at radius 2 is 1.79 bits per heavy atom. The summed E-state index contributed by atoms with van der Waals surface area (Å²) in [6.45, 7) is 7.98. The highest BCUT2D eigenvalue weighted by Gasteiger charge is 2.26. The van der Waals surface area contributed by atoms with Crippen LogP contribution in [-0.2, 0) is 10.3 Å². The Bertz CT molecular complexity index is 557. The summed E-state index contributed by atoms with van der Waals surface area (Å²) >= 11 is 0. The van der Waals surface area contributed by atoms with E-state index in [9.17, 15) is 0 Å². The Labute approximate surface area is 114 Å². The van der Waals surface area contributed by atoms with Crippen LogP contribution < -0.4 is 0 Å². The molecule has 0 aliphatic carbocycles. The van der Waals surface area contributed by atoms with E-state index >= 15 is 0 Å². The summed E-state index contributed by atoms with van der Waals surface area (Å²) < 4.78 is 5.55. The highest BCUT2D eigenvalue weighted by molar-refractivity contribution is 5.52. The van der Waals surface area contributed by atoms with Gasteiger partial charge in [0.25, 0.3) is 0 Å². The van der Waals surface area contributed by atoms with E-state index in [0.29, 0.717) is 5.69 Å². The van der Waals surface area contributed by atoms with Crippen molar-refractivity contribution in [2.75, 3.05) is 7.11 Å². The van der Waals surface area contributed by atoms with Crippen molar-refractivity contribution in [2.45, 2.75) is 33.3 Å². The fourth-order valence-corrected chi connectivity index (χ4v) is 1.55. The fourth-order valence-electron chi connectivity index (χ4n) is 1.55. The van der Waals surface area contributed by atoms with Gasteiger partial charge in [-0.25, -0.2) is 0 Å². The molecule has 0 N–H and O–H groups in total. The van der Waals surface area contributed by atoms with E-state index in [4.69, 9.17) is 10.3 Å². The molecule has 4 heteroatoms. The molecule has 100 valence electrons. The zero-order chi connectivity index (χ0) is 14.5. The van der Waals surface area contributed by atoms with Gasteiger partial charge in [0, 0.05) is 28.7 Å². The molecular weight excluding hydrogens is 238 g/mol. The Hall–Kier alpha value is -1.95. The molecule has 1 atom stereocenters. The van der Waals surface area contributed by atoms with Crippen molar-refractivity contribution in [3.63, 3.8) is 0 Å². The van der Waals surface area contributed by atoms with Crippen LogP contribution >= 0.6 is 0 Å². The Morgan fingerprint density at radius 1 is 1.16 bits per heavy atom. The molecule has 0 radical (unpaired) electrons. The first-order valence-corrected chi connectivity index (χ1v) is 6.06. The van der Waals surface area contributed by atoms with Gasteiger partial charge in [0.05, 0.1) is 0 Å². The maximum Gasteiger partial charge on any atom is 0.151 e. The van der Waals surface area contributed by atoms with Crippen LogP contribution in [0.3, 0.4) is 0 Å². The van der Waals surface area contributed by atoms with E-state index in [-0.39, 0.29) is 5.41 Å². The fraction of sp³-hybridized carbons (Fsp3) is 0.467.